The first-order valence-electron chi connectivity index (χ1n) is 26.3. The fourth-order valence-electron chi connectivity index (χ4n) is 8.50. The Bertz CT molecular complexity index is 1110. The minimum absolute atomic E-state index is 0.0447. The number of carbonyl (C=O) groups excluding carboxylic acids is 1. The fraction of sp³-hybridized carbons (Fsp3) is 0.980. The van der Waals surface area contributed by atoms with Crippen LogP contribution in [0.3, 0.4) is 0 Å². The van der Waals surface area contributed by atoms with Gasteiger partial charge in [0.05, 0.1) is 19.8 Å². The van der Waals surface area contributed by atoms with Crippen LogP contribution in [0.4, 0.5) is 0 Å². The largest absolute Gasteiger partial charge is 0.457 e. The van der Waals surface area contributed by atoms with Gasteiger partial charge in [0.2, 0.25) is 0 Å². The standard InChI is InChI=1S/C50H98O12S/c1-3-5-7-9-11-13-15-17-18-19-20-21-22-23-24-25-26-27-28-29-31-33-35-37-39-46(52)60-44(42-58-40-38-36-34-32-30-16-14-12-10-8-6-4-2)43-59-50-48(54)49(62-63(55,56)57)47(53)45(41-51)61-50/h44-45,47-51,53-54H,3-43H2,1-2H3,(H,55,56,57). The Morgan fingerprint density at radius 3 is 1.27 bits per heavy atom. The molecule has 1 aliphatic heterocycles. The van der Waals surface area contributed by atoms with Gasteiger partial charge < -0.3 is 34.3 Å². The maximum absolute atomic E-state index is 12.9. The van der Waals surface area contributed by atoms with Crippen molar-refractivity contribution in [2.45, 2.75) is 288 Å². The number of unbranched alkanes of at least 4 members (excludes halogenated alkanes) is 34. The van der Waals surface area contributed by atoms with E-state index in [1.54, 1.807) is 0 Å². The third kappa shape index (κ3) is 35.9. The molecule has 0 amide bonds. The number of esters is 1. The van der Waals surface area contributed by atoms with Crippen molar-refractivity contribution in [2.24, 2.45) is 0 Å². The van der Waals surface area contributed by atoms with Gasteiger partial charge in [-0.3, -0.25) is 9.35 Å². The predicted molar refractivity (Wildman–Crippen MR) is 253 cm³/mol. The Morgan fingerprint density at radius 1 is 0.540 bits per heavy atom. The van der Waals surface area contributed by atoms with Crippen LogP contribution in [0.25, 0.3) is 0 Å². The van der Waals surface area contributed by atoms with Crippen LogP contribution in [0, 0.1) is 0 Å². The zero-order chi connectivity index (χ0) is 46.1. The number of hydrogen-bond donors (Lipinski definition) is 4. The summed E-state index contributed by atoms with van der Waals surface area (Å²) in [4.78, 5) is 12.9. The number of hydrogen-bond acceptors (Lipinski definition) is 11. The summed E-state index contributed by atoms with van der Waals surface area (Å²) in [5.41, 5.74) is 0. The van der Waals surface area contributed by atoms with Gasteiger partial charge in [-0.1, -0.05) is 232 Å². The summed E-state index contributed by atoms with van der Waals surface area (Å²) in [5, 5.41) is 30.7. The van der Waals surface area contributed by atoms with Gasteiger partial charge in [0.25, 0.3) is 0 Å². The lowest BCUT2D eigenvalue weighted by Crippen LogP contribution is -2.60. The molecule has 376 valence electrons. The number of aliphatic hydroxyl groups excluding tert-OH is 3. The van der Waals surface area contributed by atoms with Crippen LogP contribution in [-0.2, 0) is 38.3 Å². The van der Waals surface area contributed by atoms with Crippen LogP contribution in [0.1, 0.15) is 251 Å². The van der Waals surface area contributed by atoms with Gasteiger partial charge in [-0.25, -0.2) is 4.18 Å². The molecule has 0 spiro atoms. The molecule has 0 bridgehead atoms. The normalized spacial score (nSPS) is 19.7. The average Bonchev–Trinajstić information content (AvgIpc) is 3.26. The topological polar surface area (TPSA) is 178 Å². The van der Waals surface area contributed by atoms with Crippen LogP contribution >= 0.6 is 0 Å². The Balaban J connectivity index is 2.27. The summed E-state index contributed by atoms with van der Waals surface area (Å²) >= 11 is 0. The van der Waals surface area contributed by atoms with E-state index in [0.717, 1.165) is 38.5 Å². The van der Waals surface area contributed by atoms with Crippen molar-refractivity contribution >= 4 is 16.4 Å². The van der Waals surface area contributed by atoms with Crippen molar-refractivity contribution in [2.75, 3.05) is 26.4 Å². The Labute approximate surface area is 386 Å². The summed E-state index contributed by atoms with van der Waals surface area (Å²) in [6.07, 6.45) is 37.2. The van der Waals surface area contributed by atoms with Crippen molar-refractivity contribution in [3.05, 3.63) is 0 Å². The van der Waals surface area contributed by atoms with Gasteiger partial charge in [0.1, 0.15) is 30.5 Å². The van der Waals surface area contributed by atoms with Gasteiger partial charge in [0.15, 0.2) is 6.29 Å². The fourth-order valence-corrected chi connectivity index (χ4v) is 9.01. The maximum atomic E-state index is 12.9. The lowest BCUT2D eigenvalue weighted by Gasteiger charge is -2.41. The van der Waals surface area contributed by atoms with Crippen molar-refractivity contribution < 1.29 is 56.2 Å². The van der Waals surface area contributed by atoms with Gasteiger partial charge in [-0.15, -0.1) is 0 Å². The molecule has 0 aliphatic carbocycles. The molecule has 6 unspecified atom stereocenters. The highest BCUT2D eigenvalue weighted by Gasteiger charge is 2.48. The lowest BCUT2D eigenvalue weighted by atomic mass is 9.99. The molecular weight excluding hydrogens is 825 g/mol. The molecule has 0 aromatic carbocycles. The molecule has 0 aromatic rings. The Hall–Kier alpha value is -0.900. The van der Waals surface area contributed by atoms with Crippen LogP contribution in [0.2, 0.25) is 0 Å². The van der Waals surface area contributed by atoms with Crippen molar-refractivity contribution in [1.29, 1.82) is 0 Å². The minimum Gasteiger partial charge on any atom is -0.457 e. The zero-order valence-corrected chi connectivity index (χ0v) is 41.2. The smallest absolute Gasteiger partial charge is 0.397 e. The zero-order valence-electron chi connectivity index (χ0n) is 40.4. The highest BCUT2D eigenvalue weighted by molar-refractivity contribution is 7.80. The first-order valence-corrected chi connectivity index (χ1v) is 27.7. The summed E-state index contributed by atoms with van der Waals surface area (Å²) in [7, 11) is -5.06. The van der Waals surface area contributed by atoms with E-state index in [2.05, 4.69) is 18.0 Å². The maximum Gasteiger partial charge on any atom is 0.397 e. The number of aliphatic hydroxyl groups is 3. The molecular formula is C50H98O12S. The molecule has 12 nitrogen and oxygen atoms in total. The molecule has 63 heavy (non-hydrogen) atoms. The van der Waals surface area contributed by atoms with E-state index in [9.17, 15) is 33.1 Å². The average molecular weight is 923 g/mol. The number of carbonyl (C=O) groups is 1. The molecule has 13 heteroatoms. The highest BCUT2D eigenvalue weighted by atomic mass is 32.3. The highest BCUT2D eigenvalue weighted by Crippen LogP contribution is 2.26. The van der Waals surface area contributed by atoms with E-state index in [1.807, 2.05) is 0 Å². The van der Waals surface area contributed by atoms with E-state index in [0.29, 0.717) is 13.0 Å². The molecule has 1 aliphatic rings. The third-order valence-corrected chi connectivity index (χ3v) is 12.9. The summed E-state index contributed by atoms with van der Waals surface area (Å²) < 4.78 is 59.2. The van der Waals surface area contributed by atoms with Gasteiger partial charge in [-0.05, 0) is 12.8 Å². The molecule has 0 saturated carbocycles. The molecule has 0 radical (unpaired) electrons. The molecule has 1 fully saturated rings. The summed E-state index contributed by atoms with van der Waals surface area (Å²) in [6, 6.07) is 0. The first-order chi connectivity index (χ1) is 30.6. The van der Waals surface area contributed by atoms with Crippen LogP contribution in [0.15, 0.2) is 0 Å². The van der Waals surface area contributed by atoms with E-state index in [4.69, 9.17) is 18.9 Å². The Morgan fingerprint density at radius 2 is 0.905 bits per heavy atom. The van der Waals surface area contributed by atoms with Crippen molar-refractivity contribution in [1.82, 2.24) is 0 Å². The van der Waals surface area contributed by atoms with Gasteiger partial charge in [0, 0.05) is 13.0 Å². The second-order valence-corrected chi connectivity index (χ2v) is 19.5. The van der Waals surface area contributed by atoms with Crippen molar-refractivity contribution in [3.8, 4) is 0 Å². The SMILES string of the molecule is CCCCCCCCCCCCCCCCCCCCCCCCCCC(=O)OC(COCCCCCCCCCCCCCC)COC1OC(CO)C(O)C(OS(=O)(=O)O)C1O. The second-order valence-electron chi connectivity index (χ2n) is 18.5. The minimum atomic E-state index is -5.06. The van der Waals surface area contributed by atoms with Crippen molar-refractivity contribution in [3.63, 3.8) is 0 Å². The predicted octanol–water partition coefficient (Wildman–Crippen LogP) is 12.0. The molecule has 1 saturated heterocycles. The summed E-state index contributed by atoms with van der Waals surface area (Å²) in [6.45, 7) is 4.05. The van der Waals surface area contributed by atoms with Crippen LogP contribution in [0.5, 0.6) is 0 Å². The third-order valence-electron chi connectivity index (χ3n) is 12.5. The van der Waals surface area contributed by atoms with E-state index < -0.39 is 59.8 Å². The molecule has 0 aromatic heterocycles. The lowest BCUT2D eigenvalue weighted by molar-refractivity contribution is -0.301. The summed E-state index contributed by atoms with van der Waals surface area (Å²) in [5.74, 6) is -0.391. The number of ether oxygens (including phenoxy) is 4. The van der Waals surface area contributed by atoms with Crippen LogP contribution in [-0.4, -0.2) is 97.5 Å². The van der Waals surface area contributed by atoms with Gasteiger partial charge >= 0.3 is 16.4 Å². The molecule has 1 heterocycles. The van der Waals surface area contributed by atoms with E-state index in [-0.39, 0.29) is 19.6 Å². The molecule has 6 atom stereocenters. The molecule has 4 N–H and O–H groups in total. The number of rotatable bonds is 47. The Kier molecular flexibility index (Phi) is 40.5. The second kappa shape index (κ2) is 42.5. The quantitative estimate of drug-likeness (QED) is 0.0258. The monoisotopic (exact) mass is 923 g/mol. The van der Waals surface area contributed by atoms with E-state index >= 15 is 0 Å². The van der Waals surface area contributed by atoms with Gasteiger partial charge in [-0.2, -0.15) is 8.42 Å². The van der Waals surface area contributed by atoms with E-state index in [1.165, 1.54) is 186 Å². The first kappa shape index (κ1) is 60.1. The molecule has 1 rings (SSSR count). The van der Waals surface area contributed by atoms with Crippen LogP contribution < -0.4 is 0 Å².